The summed E-state index contributed by atoms with van der Waals surface area (Å²) in [7, 11) is 0. The first-order valence-electron chi connectivity index (χ1n) is 15.6. The van der Waals surface area contributed by atoms with Gasteiger partial charge in [0, 0.05) is 27.4 Å². The summed E-state index contributed by atoms with van der Waals surface area (Å²) in [5.41, 5.74) is 12.7. The molecular weight excluding hydrogens is 546 g/mol. The van der Waals surface area contributed by atoms with E-state index in [2.05, 4.69) is 164 Å². The van der Waals surface area contributed by atoms with Crippen molar-refractivity contribution >= 4 is 49.8 Å². The zero-order chi connectivity index (χ0) is 30.1. The fourth-order valence-corrected chi connectivity index (χ4v) is 7.51. The van der Waals surface area contributed by atoms with Gasteiger partial charge in [0.2, 0.25) is 0 Å². The van der Waals surface area contributed by atoms with Crippen LogP contribution in [0.25, 0.3) is 55.0 Å². The minimum absolute atomic E-state index is 0.0746. The summed E-state index contributed by atoms with van der Waals surface area (Å²) >= 11 is 0. The molecule has 214 valence electrons. The summed E-state index contributed by atoms with van der Waals surface area (Å²) in [5.74, 6) is 0. The van der Waals surface area contributed by atoms with Crippen LogP contribution in [0.4, 0.5) is 17.1 Å². The van der Waals surface area contributed by atoms with Crippen LogP contribution in [0.1, 0.15) is 25.0 Å². The quantitative estimate of drug-likeness (QED) is 0.207. The van der Waals surface area contributed by atoms with Crippen LogP contribution in [-0.4, -0.2) is 0 Å². The maximum absolute atomic E-state index is 6.65. The molecule has 0 amide bonds. The maximum Gasteiger partial charge on any atom is 0.159 e. The van der Waals surface area contributed by atoms with Crippen LogP contribution in [-0.2, 0) is 5.41 Å². The van der Waals surface area contributed by atoms with Gasteiger partial charge in [0.15, 0.2) is 5.58 Å². The largest absolute Gasteiger partial charge is 0.454 e. The molecule has 0 fully saturated rings. The van der Waals surface area contributed by atoms with E-state index in [0.29, 0.717) is 0 Å². The van der Waals surface area contributed by atoms with Gasteiger partial charge in [-0.15, -0.1) is 0 Å². The Kier molecular flexibility index (Phi) is 5.58. The van der Waals surface area contributed by atoms with Gasteiger partial charge in [-0.25, -0.2) is 0 Å². The summed E-state index contributed by atoms with van der Waals surface area (Å²) in [5, 5.41) is 4.66. The highest BCUT2D eigenvalue weighted by Gasteiger charge is 2.37. The van der Waals surface area contributed by atoms with E-state index in [4.69, 9.17) is 4.42 Å². The third-order valence-corrected chi connectivity index (χ3v) is 9.66. The van der Waals surface area contributed by atoms with Crippen LogP contribution < -0.4 is 4.90 Å². The standard InChI is InChI=1S/C43H31NO/c1-43(2)36-20-8-5-17-35(36)41-33(18-11-21-37(41)43)31-15-6-9-22-38(31)44(30-26-25-28-13-3-4-14-29(28)27-30)39-23-12-19-34-32-16-7-10-24-40(32)45-42(34)39/h3-27H,1-2H3. The Morgan fingerprint density at radius 1 is 0.489 bits per heavy atom. The van der Waals surface area contributed by atoms with Crippen molar-refractivity contribution < 1.29 is 4.42 Å². The Hall–Kier alpha value is -5.60. The smallest absolute Gasteiger partial charge is 0.159 e. The fourth-order valence-electron chi connectivity index (χ4n) is 7.51. The van der Waals surface area contributed by atoms with Gasteiger partial charge in [0.05, 0.1) is 11.4 Å². The SMILES string of the molecule is CC1(C)c2ccccc2-c2c(-c3ccccc3N(c3ccc4ccccc4c3)c3cccc4c3oc3ccccc34)cccc21. The van der Waals surface area contributed by atoms with Gasteiger partial charge in [0.25, 0.3) is 0 Å². The molecule has 1 aliphatic carbocycles. The van der Waals surface area contributed by atoms with Crippen molar-refractivity contribution in [2.24, 2.45) is 0 Å². The summed E-state index contributed by atoms with van der Waals surface area (Å²) in [6.45, 7) is 4.69. The number of hydrogen-bond donors (Lipinski definition) is 0. The van der Waals surface area contributed by atoms with Crippen molar-refractivity contribution in [1.82, 2.24) is 0 Å². The van der Waals surface area contributed by atoms with Gasteiger partial charge in [-0.1, -0.05) is 135 Å². The van der Waals surface area contributed by atoms with Gasteiger partial charge < -0.3 is 9.32 Å². The molecule has 0 saturated carbocycles. The van der Waals surface area contributed by atoms with Gasteiger partial charge in [-0.2, -0.15) is 0 Å². The third-order valence-electron chi connectivity index (χ3n) is 9.66. The molecule has 0 N–H and O–H groups in total. The Bertz CT molecular complexity index is 2430. The summed E-state index contributed by atoms with van der Waals surface area (Å²) in [6.07, 6.45) is 0. The fraction of sp³-hybridized carbons (Fsp3) is 0.0698. The van der Waals surface area contributed by atoms with Crippen molar-refractivity contribution in [2.75, 3.05) is 4.90 Å². The summed E-state index contributed by atoms with van der Waals surface area (Å²) in [4.78, 5) is 2.39. The predicted octanol–water partition coefficient (Wildman–Crippen LogP) is 12.2. The van der Waals surface area contributed by atoms with Crippen molar-refractivity contribution in [3.63, 3.8) is 0 Å². The normalized spacial score (nSPS) is 13.3. The molecule has 0 atom stereocenters. The lowest BCUT2D eigenvalue weighted by Gasteiger charge is -2.29. The van der Waals surface area contributed by atoms with Crippen molar-refractivity contribution in [2.45, 2.75) is 19.3 Å². The topological polar surface area (TPSA) is 16.4 Å². The van der Waals surface area contributed by atoms with E-state index in [0.717, 1.165) is 39.0 Å². The van der Waals surface area contributed by atoms with Crippen molar-refractivity contribution in [3.8, 4) is 22.3 Å². The van der Waals surface area contributed by atoms with Crippen LogP contribution in [0, 0.1) is 0 Å². The minimum atomic E-state index is -0.0746. The van der Waals surface area contributed by atoms with E-state index in [1.807, 2.05) is 6.07 Å². The van der Waals surface area contributed by atoms with Crippen molar-refractivity contribution in [3.05, 3.63) is 163 Å². The molecule has 0 bridgehead atoms. The number of furan rings is 1. The molecular formula is C43H31NO. The molecule has 0 aliphatic heterocycles. The number of fused-ring (bicyclic) bond motifs is 7. The molecule has 0 saturated heterocycles. The van der Waals surface area contributed by atoms with Gasteiger partial charge >= 0.3 is 0 Å². The van der Waals surface area contributed by atoms with Crippen LogP contribution in [0.2, 0.25) is 0 Å². The zero-order valence-corrected chi connectivity index (χ0v) is 25.3. The Morgan fingerprint density at radius 3 is 2.04 bits per heavy atom. The van der Waals surface area contributed by atoms with Crippen LogP contribution in [0.15, 0.2) is 156 Å². The predicted molar refractivity (Wildman–Crippen MR) is 189 cm³/mol. The van der Waals surface area contributed by atoms with E-state index in [9.17, 15) is 0 Å². The van der Waals surface area contributed by atoms with E-state index in [1.165, 1.54) is 44.2 Å². The number of anilines is 3. The molecule has 2 nitrogen and oxygen atoms in total. The molecule has 7 aromatic carbocycles. The molecule has 1 heterocycles. The van der Waals surface area contributed by atoms with E-state index < -0.39 is 0 Å². The molecule has 9 rings (SSSR count). The molecule has 0 unspecified atom stereocenters. The first kappa shape index (κ1) is 25.9. The molecule has 1 aromatic heterocycles. The lowest BCUT2D eigenvalue weighted by Crippen LogP contribution is -2.15. The number of nitrogens with zero attached hydrogens (tertiary/aromatic N) is 1. The lowest BCUT2D eigenvalue weighted by molar-refractivity contribution is 0.660. The lowest BCUT2D eigenvalue weighted by atomic mass is 9.82. The minimum Gasteiger partial charge on any atom is -0.454 e. The highest BCUT2D eigenvalue weighted by atomic mass is 16.3. The molecule has 45 heavy (non-hydrogen) atoms. The Morgan fingerprint density at radius 2 is 1.13 bits per heavy atom. The number of benzene rings is 7. The van der Waals surface area contributed by atoms with Gasteiger partial charge in [0.1, 0.15) is 5.58 Å². The van der Waals surface area contributed by atoms with Gasteiger partial charge in [-0.3, -0.25) is 0 Å². The number of para-hydroxylation sites is 3. The van der Waals surface area contributed by atoms with Crippen LogP contribution >= 0.6 is 0 Å². The monoisotopic (exact) mass is 577 g/mol. The van der Waals surface area contributed by atoms with Crippen molar-refractivity contribution in [1.29, 1.82) is 0 Å². The van der Waals surface area contributed by atoms with Crippen LogP contribution in [0.5, 0.6) is 0 Å². The number of rotatable bonds is 4. The second-order valence-corrected chi connectivity index (χ2v) is 12.5. The highest BCUT2D eigenvalue weighted by molar-refractivity contribution is 6.11. The van der Waals surface area contributed by atoms with Crippen LogP contribution in [0.3, 0.4) is 0 Å². The summed E-state index contributed by atoms with van der Waals surface area (Å²) < 4.78 is 6.65. The van der Waals surface area contributed by atoms with E-state index in [-0.39, 0.29) is 5.41 Å². The summed E-state index contributed by atoms with van der Waals surface area (Å²) in [6, 6.07) is 54.6. The highest BCUT2D eigenvalue weighted by Crippen LogP contribution is 2.54. The average molecular weight is 578 g/mol. The van der Waals surface area contributed by atoms with Gasteiger partial charge in [-0.05, 0) is 68.9 Å². The zero-order valence-electron chi connectivity index (χ0n) is 25.3. The first-order chi connectivity index (χ1) is 22.1. The molecule has 8 aromatic rings. The third kappa shape index (κ3) is 3.82. The van der Waals surface area contributed by atoms with E-state index in [1.54, 1.807) is 0 Å². The molecule has 1 aliphatic rings. The maximum atomic E-state index is 6.65. The molecule has 2 heteroatoms. The Balaban J connectivity index is 1.35. The molecule has 0 radical (unpaired) electrons. The second kappa shape index (κ2) is 9.70. The first-order valence-corrected chi connectivity index (χ1v) is 15.6. The Labute approximate surface area is 262 Å². The molecule has 0 spiro atoms. The average Bonchev–Trinajstić information content (AvgIpc) is 3.58. The second-order valence-electron chi connectivity index (χ2n) is 12.5. The number of hydrogen-bond acceptors (Lipinski definition) is 2. The van der Waals surface area contributed by atoms with E-state index >= 15 is 0 Å².